The van der Waals surface area contributed by atoms with Gasteiger partial charge in [-0.1, -0.05) is 48.5 Å². The van der Waals surface area contributed by atoms with Crippen LogP contribution in [-0.2, 0) is 31.0 Å². The van der Waals surface area contributed by atoms with E-state index in [9.17, 15) is 19.2 Å². The number of carbonyl (C=O) groups excluding carboxylic acids is 4. The molecule has 3 heterocycles. The van der Waals surface area contributed by atoms with Gasteiger partial charge in [0.25, 0.3) is 0 Å². The normalized spacial score (nSPS) is 20.9. The van der Waals surface area contributed by atoms with Gasteiger partial charge in [-0.15, -0.1) is 0 Å². The molecule has 0 saturated carbocycles. The molecule has 4 amide bonds. The number of carbonyl (C=O) groups is 4. The number of amides is 4. The summed E-state index contributed by atoms with van der Waals surface area (Å²) in [6.45, 7) is 11.3. The first kappa shape index (κ1) is 32.5. The molecule has 2 aromatic rings. The second-order valence-corrected chi connectivity index (χ2v) is 14.2. The van der Waals surface area contributed by atoms with Crippen LogP contribution in [-0.4, -0.2) is 77.5 Å². The standard InChI is InChI=1S/C36H48N4O5/c1-35(2,3)45-34(44)39-21-11-14-26(24-39)31(41)37-29(18-17-25-12-7-6-8-13-25)32(42)38-22-19-27(20-23-38)40-30-16-10-9-15-28(30)36(4,5)33(40)43/h6-10,12-13,15-16,26-27,29H,11,14,17-24H2,1-5H3,(H,37,41)/t26?,29-/m0/s1. The SMILES string of the molecule is CC(C)(C)OC(=O)N1CCCC(C(=O)N[C@@H](CCc2ccccc2)C(=O)N2CCC(N3C(=O)C(C)(C)c4ccccc43)CC2)C1. The molecular formula is C36H48N4O5. The quantitative estimate of drug-likeness (QED) is 0.469. The van der Waals surface area contributed by atoms with Crippen LogP contribution in [0.25, 0.3) is 0 Å². The zero-order chi connectivity index (χ0) is 32.4. The Labute approximate surface area is 267 Å². The van der Waals surface area contributed by atoms with Crippen molar-refractivity contribution in [1.29, 1.82) is 0 Å². The van der Waals surface area contributed by atoms with Crippen molar-refractivity contribution in [3.05, 3.63) is 65.7 Å². The number of piperidine rings is 2. The van der Waals surface area contributed by atoms with Crippen LogP contribution in [0.15, 0.2) is 54.6 Å². The van der Waals surface area contributed by atoms with Gasteiger partial charge in [0.2, 0.25) is 17.7 Å². The fourth-order valence-electron chi connectivity index (χ4n) is 6.85. The van der Waals surface area contributed by atoms with E-state index >= 15 is 0 Å². The molecule has 0 spiro atoms. The highest BCUT2D eigenvalue weighted by molar-refractivity contribution is 6.08. The lowest BCUT2D eigenvalue weighted by Crippen LogP contribution is -2.55. The van der Waals surface area contributed by atoms with E-state index in [-0.39, 0.29) is 30.3 Å². The molecule has 2 fully saturated rings. The molecule has 3 aliphatic heterocycles. The molecule has 1 N–H and O–H groups in total. The van der Waals surface area contributed by atoms with Gasteiger partial charge in [-0.25, -0.2) is 4.79 Å². The topological polar surface area (TPSA) is 99.3 Å². The molecule has 2 aromatic carbocycles. The van der Waals surface area contributed by atoms with Crippen LogP contribution >= 0.6 is 0 Å². The average Bonchev–Trinajstić information content (AvgIpc) is 3.23. The van der Waals surface area contributed by atoms with Gasteiger partial charge in [-0.05, 0) is 90.3 Å². The first-order valence-electron chi connectivity index (χ1n) is 16.4. The molecule has 0 aromatic heterocycles. The Morgan fingerprint density at radius 2 is 1.60 bits per heavy atom. The first-order chi connectivity index (χ1) is 21.3. The Kier molecular flexibility index (Phi) is 9.56. The molecule has 3 aliphatic rings. The van der Waals surface area contributed by atoms with Gasteiger partial charge in [-0.2, -0.15) is 0 Å². The molecule has 1 unspecified atom stereocenters. The van der Waals surface area contributed by atoms with E-state index in [0.717, 1.165) is 16.8 Å². The zero-order valence-electron chi connectivity index (χ0n) is 27.4. The molecule has 45 heavy (non-hydrogen) atoms. The minimum absolute atomic E-state index is 0.0166. The number of para-hydroxylation sites is 1. The van der Waals surface area contributed by atoms with Crippen LogP contribution in [0.3, 0.4) is 0 Å². The lowest BCUT2D eigenvalue weighted by molar-refractivity contribution is -0.139. The van der Waals surface area contributed by atoms with Crippen molar-refractivity contribution in [2.75, 3.05) is 31.1 Å². The molecule has 0 bridgehead atoms. The third kappa shape index (κ3) is 7.34. The van der Waals surface area contributed by atoms with E-state index in [1.807, 2.05) is 99.0 Å². The Balaban J connectivity index is 1.25. The number of benzene rings is 2. The van der Waals surface area contributed by atoms with Gasteiger partial charge in [-0.3, -0.25) is 14.4 Å². The molecule has 242 valence electrons. The Morgan fingerprint density at radius 1 is 0.933 bits per heavy atom. The third-order valence-electron chi connectivity index (χ3n) is 9.35. The van der Waals surface area contributed by atoms with Crippen molar-refractivity contribution in [3.8, 4) is 0 Å². The Bertz CT molecular complexity index is 1390. The number of nitrogens with zero attached hydrogens (tertiary/aromatic N) is 3. The maximum absolute atomic E-state index is 14.0. The van der Waals surface area contributed by atoms with Gasteiger partial charge in [0.1, 0.15) is 11.6 Å². The monoisotopic (exact) mass is 616 g/mol. The molecule has 2 atom stereocenters. The van der Waals surface area contributed by atoms with E-state index in [1.54, 1.807) is 4.90 Å². The highest BCUT2D eigenvalue weighted by atomic mass is 16.6. The molecule has 5 rings (SSSR count). The van der Waals surface area contributed by atoms with E-state index < -0.39 is 29.1 Å². The van der Waals surface area contributed by atoms with Crippen LogP contribution < -0.4 is 10.2 Å². The number of anilines is 1. The zero-order valence-corrected chi connectivity index (χ0v) is 27.4. The van der Waals surface area contributed by atoms with Crippen molar-refractivity contribution < 1.29 is 23.9 Å². The van der Waals surface area contributed by atoms with Gasteiger partial charge in [0, 0.05) is 37.9 Å². The van der Waals surface area contributed by atoms with Gasteiger partial charge in [0.05, 0.1) is 11.3 Å². The Hall–Kier alpha value is -3.88. The largest absolute Gasteiger partial charge is 0.444 e. The maximum atomic E-state index is 14.0. The van der Waals surface area contributed by atoms with Crippen LogP contribution in [0.4, 0.5) is 10.5 Å². The van der Waals surface area contributed by atoms with E-state index in [2.05, 4.69) is 5.32 Å². The van der Waals surface area contributed by atoms with E-state index in [4.69, 9.17) is 4.74 Å². The second-order valence-electron chi connectivity index (χ2n) is 14.2. The fraction of sp³-hybridized carbons (Fsp3) is 0.556. The molecule has 0 aliphatic carbocycles. The highest BCUT2D eigenvalue weighted by Crippen LogP contribution is 2.43. The predicted octanol–water partition coefficient (Wildman–Crippen LogP) is 5.07. The summed E-state index contributed by atoms with van der Waals surface area (Å²) in [5, 5.41) is 3.09. The molecule has 0 radical (unpaired) electrons. The third-order valence-corrected chi connectivity index (χ3v) is 9.35. The van der Waals surface area contributed by atoms with Gasteiger partial charge < -0.3 is 24.8 Å². The number of hydrogen-bond acceptors (Lipinski definition) is 5. The molecule has 9 heteroatoms. The van der Waals surface area contributed by atoms with Crippen molar-refractivity contribution >= 4 is 29.5 Å². The summed E-state index contributed by atoms with van der Waals surface area (Å²) in [6.07, 6.45) is 3.41. The summed E-state index contributed by atoms with van der Waals surface area (Å²) in [4.78, 5) is 59.2. The number of hydrogen-bond donors (Lipinski definition) is 1. The van der Waals surface area contributed by atoms with Crippen LogP contribution in [0.5, 0.6) is 0 Å². The number of likely N-dealkylation sites (tertiary alicyclic amines) is 2. The number of ether oxygens (including phenoxy) is 1. The average molecular weight is 617 g/mol. The molecular weight excluding hydrogens is 568 g/mol. The van der Waals surface area contributed by atoms with Gasteiger partial charge in [0.15, 0.2) is 0 Å². The number of fused-ring (bicyclic) bond motifs is 1. The van der Waals surface area contributed by atoms with E-state index in [1.165, 1.54) is 0 Å². The minimum atomic E-state index is -0.681. The summed E-state index contributed by atoms with van der Waals surface area (Å²) in [6, 6.07) is 17.3. The summed E-state index contributed by atoms with van der Waals surface area (Å²) in [7, 11) is 0. The van der Waals surface area contributed by atoms with Crippen molar-refractivity contribution in [3.63, 3.8) is 0 Å². The summed E-state index contributed by atoms with van der Waals surface area (Å²) < 4.78 is 5.54. The number of nitrogens with one attached hydrogen (secondary N) is 1. The second kappa shape index (κ2) is 13.2. The number of aryl methyl sites for hydroxylation is 1. The summed E-state index contributed by atoms with van der Waals surface area (Å²) in [5.41, 5.74) is 1.93. The Morgan fingerprint density at radius 3 is 2.29 bits per heavy atom. The molecule has 9 nitrogen and oxygen atoms in total. The van der Waals surface area contributed by atoms with Crippen molar-refractivity contribution in [2.45, 2.75) is 96.2 Å². The van der Waals surface area contributed by atoms with Crippen LogP contribution in [0.2, 0.25) is 0 Å². The maximum Gasteiger partial charge on any atom is 0.410 e. The van der Waals surface area contributed by atoms with Crippen LogP contribution in [0, 0.1) is 5.92 Å². The van der Waals surface area contributed by atoms with Crippen molar-refractivity contribution in [1.82, 2.24) is 15.1 Å². The lowest BCUT2D eigenvalue weighted by atomic mass is 9.86. The summed E-state index contributed by atoms with van der Waals surface area (Å²) >= 11 is 0. The first-order valence-corrected chi connectivity index (χ1v) is 16.4. The highest BCUT2D eigenvalue weighted by Gasteiger charge is 2.47. The lowest BCUT2D eigenvalue weighted by Gasteiger charge is -2.39. The summed E-state index contributed by atoms with van der Waals surface area (Å²) in [5.74, 6) is -0.597. The van der Waals surface area contributed by atoms with Crippen LogP contribution in [0.1, 0.15) is 77.8 Å². The fourth-order valence-corrected chi connectivity index (χ4v) is 6.85. The molecule has 2 saturated heterocycles. The van der Waals surface area contributed by atoms with E-state index in [0.29, 0.717) is 58.2 Å². The predicted molar refractivity (Wildman–Crippen MR) is 174 cm³/mol. The minimum Gasteiger partial charge on any atom is -0.444 e. The number of rotatable bonds is 7. The van der Waals surface area contributed by atoms with Crippen molar-refractivity contribution in [2.24, 2.45) is 5.92 Å². The smallest absolute Gasteiger partial charge is 0.410 e. The van der Waals surface area contributed by atoms with Gasteiger partial charge >= 0.3 is 6.09 Å².